The highest BCUT2D eigenvalue weighted by atomic mass is 35.5. The molecule has 2 heterocycles. The molecule has 0 aliphatic heterocycles. The van der Waals surface area contributed by atoms with Crippen LogP contribution >= 0.6 is 22.9 Å². The molecular formula is C23H20ClN3O5S. The molecule has 0 unspecified atom stereocenters. The van der Waals surface area contributed by atoms with E-state index in [1.807, 2.05) is 19.1 Å². The normalized spacial score (nSPS) is 10.8. The van der Waals surface area contributed by atoms with E-state index in [4.69, 9.17) is 25.8 Å². The number of hydrogen-bond donors (Lipinski definition) is 1. The number of carbonyl (C=O) groups excluding carboxylic acids is 2. The molecule has 4 aromatic rings. The average molecular weight is 486 g/mol. The number of carbonyl (C=O) groups is 2. The van der Waals surface area contributed by atoms with Gasteiger partial charge in [-0.25, -0.2) is 9.48 Å². The molecule has 4 rings (SSSR count). The summed E-state index contributed by atoms with van der Waals surface area (Å²) in [6.07, 6.45) is 0. The van der Waals surface area contributed by atoms with Gasteiger partial charge >= 0.3 is 5.97 Å². The summed E-state index contributed by atoms with van der Waals surface area (Å²) in [6.45, 7) is 1.44. The predicted molar refractivity (Wildman–Crippen MR) is 127 cm³/mol. The fraction of sp³-hybridized carbons (Fsp3) is 0.174. The Morgan fingerprint density at radius 1 is 1.06 bits per heavy atom. The van der Waals surface area contributed by atoms with Gasteiger partial charge in [-0.3, -0.25) is 4.79 Å². The number of ether oxygens (including phenoxy) is 3. The van der Waals surface area contributed by atoms with Crippen LogP contribution in [0.25, 0.3) is 15.9 Å². The number of fused-ring (bicyclic) bond motifs is 1. The number of thiophene rings is 1. The van der Waals surface area contributed by atoms with Gasteiger partial charge in [-0.2, -0.15) is 5.10 Å². The van der Waals surface area contributed by atoms with Crippen molar-refractivity contribution < 1.29 is 23.8 Å². The summed E-state index contributed by atoms with van der Waals surface area (Å²) in [6, 6.07) is 13.9. The first-order valence-corrected chi connectivity index (χ1v) is 11.0. The predicted octanol–water partition coefficient (Wildman–Crippen LogP) is 4.86. The zero-order valence-electron chi connectivity index (χ0n) is 18.0. The van der Waals surface area contributed by atoms with Crippen molar-refractivity contribution in [1.82, 2.24) is 9.78 Å². The number of aryl methyl sites for hydroxylation is 1. The van der Waals surface area contributed by atoms with Crippen LogP contribution in [0, 0.1) is 6.92 Å². The van der Waals surface area contributed by atoms with Gasteiger partial charge in [0.2, 0.25) is 0 Å². The first-order valence-electron chi connectivity index (χ1n) is 9.83. The van der Waals surface area contributed by atoms with Crippen molar-refractivity contribution in [3.63, 3.8) is 0 Å². The maximum absolute atomic E-state index is 12.6. The SMILES string of the molecule is COc1ccc(NC(=O)COC(=O)c2cc3c(C)nn(-c4ccc(Cl)cc4)c3s2)cc1OC. The Morgan fingerprint density at radius 2 is 1.79 bits per heavy atom. The van der Waals surface area contributed by atoms with Crippen LogP contribution in [0.1, 0.15) is 15.4 Å². The molecule has 1 amide bonds. The second-order valence-electron chi connectivity index (χ2n) is 7.00. The summed E-state index contributed by atoms with van der Waals surface area (Å²) < 4.78 is 17.4. The number of nitrogens with zero attached hydrogens (tertiary/aromatic N) is 2. The van der Waals surface area contributed by atoms with Crippen LogP contribution in [-0.4, -0.2) is 42.5 Å². The van der Waals surface area contributed by atoms with Crippen molar-refractivity contribution in [3.05, 3.63) is 64.1 Å². The highest BCUT2D eigenvalue weighted by Gasteiger charge is 2.19. The number of amides is 1. The lowest BCUT2D eigenvalue weighted by atomic mass is 10.2. The lowest BCUT2D eigenvalue weighted by molar-refractivity contribution is -0.119. The Balaban J connectivity index is 1.44. The minimum absolute atomic E-state index is 0.382. The summed E-state index contributed by atoms with van der Waals surface area (Å²) in [7, 11) is 3.03. The topological polar surface area (TPSA) is 91.7 Å². The van der Waals surface area contributed by atoms with Gasteiger partial charge in [-0.15, -0.1) is 11.3 Å². The van der Waals surface area contributed by atoms with E-state index in [-0.39, 0.29) is 0 Å². The molecule has 0 radical (unpaired) electrons. The number of methoxy groups -OCH3 is 2. The van der Waals surface area contributed by atoms with E-state index in [1.54, 1.807) is 41.1 Å². The third-order valence-corrected chi connectivity index (χ3v) is 6.16. The Labute approximate surface area is 198 Å². The first-order chi connectivity index (χ1) is 15.9. The Kier molecular flexibility index (Phi) is 6.52. The van der Waals surface area contributed by atoms with Gasteiger partial charge in [0.15, 0.2) is 18.1 Å². The van der Waals surface area contributed by atoms with E-state index in [9.17, 15) is 9.59 Å². The molecular weight excluding hydrogens is 466 g/mol. The lowest BCUT2D eigenvalue weighted by Gasteiger charge is -2.10. The summed E-state index contributed by atoms with van der Waals surface area (Å²) in [5.74, 6) is -0.0391. The quantitative estimate of drug-likeness (QED) is 0.376. The van der Waals surface area contributed by atoms with Gasteiger partial charge in [0.05, 0.1) is 25.6 Å². The van der Waals surface area contributed by atoms with Gasteiger partial charge in [-0.1, -0.05) is 11.6 Å². The minimum atomic E-state index is -0.583. The standard InChI is InChI=1S/C23H20ClN3O5S/c1-13-17-11-20(33-22(17)27(26-13)16-7-4-14(24)5-8-16)23(29)32-12-21(28)25-15-6-9-18(30-2)19(10-15)31-3/h4-11H,12H2,1-3H3,(H,25,28). The number of halogens is 1. The lowest BCUT2D eigenvalue weighted by Crippen LogP contribution is -2.20. The van der Waals surface area contributed by atoms with Crippen LogP contribution in [-0.2, 0) is 9.53 Å². The van der Waals surface area contributed by atoms with Gasteiger partial charge in [0, 0.05) is 22.2 Å². The van der Waals surface area contributed by atoms with E-state index in [0.717, 1.165) is 21.6 Å². The summed E-state index contributed by atoms with van der Waals surface area (Å²) in [4.78, 5) is 26.0. The van der Waals surface area contributed by atoms with E-state index >= 15 is 0 Å². The number of rotatable bonds is 7. The third kappa shape index (κ3) is 4.79. The van der Waals surface area contributed by atoms with Gasteiger partial charge in [0.25, 0.3) is 5.91 Å². The number of nitrogens with one attached hydrogen (secondary N) is 1. The van der Waals surface area contributed by atoms with Crippen molar-refractivity contribution in [2.75, 3.05) is 26.1 Å². The number of anilines is 1. The Bertz CT molecular complexity index is 1330. The number of esters is 1. The van der Waals surface area contributed by atoms with E-state index in [1.165, 1.54) is 25.6 Å². The largest absolute Gasteiger partial charge is 0.493 e. The van der Waals surface area contributed by atoms with Crippen molar-refractivity contribution in [1.29, 1.82) is 0 Å². The molecule has 2 aromatic heterocycles. The fourth-order valence-corrected chi connectivity index (χ4v) is 4.42. The minimum Gasteiger partial charge on any atom is -0.493 e. The van der Waals surface area contributed by atoms with Gasteiger partial charge in [-0.05, 0) is 49.4 Å². The van der Waals surface area contributed by atoms with Crippen molar-refractivity contribution in [3.8, 4) is 17.2 Å². The summed E-state index contributed by atoms with van der Waals surface area (Å²) in [5.41, 5.74) is 2.10. The second-order valence-corrected chi connectivity index (χ2v) is 8.46. The summed E-state index contributed by atoms with van der Waals surface area (Å²) >= 11 is 7.22. The Hall–Kier alpha value is -3.56. The molecule has 0 saturated heterocycles. The van der Waals surface area contributed by atoms with E-state index < -0.39 is 18.5 Å². The maximum Gasteiger partial charge on any atom is 0.348 e. The van der Waals surface area contributed by atoms with Crippen molar-refractivity contribution >= 4 is 50.7 Å². The molecule has 2 aromatic carbocycles. The Morgan fingerprint density at radius 3 is 2.48 bits per heavy atom. The zero-order chi connectivity index (χ0) is 23.5. The smallest absolute Gasteiger partial charge is 0.348 e. The molecule has 0 bridgehead atoms. The second kappa shape index (κ2) is 9.51. The molecule has 170 valence electrons. The highest BCUT2D eigenvalue weighted by molar-refractivity contribution is 7.20. The fourth-order valence-electron chi connectivity index (χ4n) is 3.22. The number of aromatic nitrogens is 2. The average Bonchev–Trinajstić information content (AvgIpc) is 3.38. The van der Waals surface area contributed by atoms with Crippen LogP contribution in [0.4, 0.5) is 5.69 Å². The zero-order valence-corrected chi connectivity index (χ0v) is 19.6. The maximum atomic E-state index is 12.6. The van der Waals surface area contributed by atoms with Crippen LogP contribution < -0.4 is 14.8 Å². The number of benzene rings is 2. The van der Waals surface area contributed by atoms with Crippen LogP contribution in [0.2, 0.25) is 5.02 Å². The molecule has 0 aliphatic carbocycles. The molecule has 0 saturated carbocycles. The molecule has 0 fully saturated rings. The van der Waals surface area contributed by atoms with Gasteiger partial charge < -0.3 is 19.5 Å². The molecule has 10 heteroatoms. The van der Waals surface area contributed by atoms with E-state index in [0.29, 0.717) is 27.1 Å². The van der Waals surface area contributed by atoms with Crippen molar-refractivity contribution in [2.45, 2.75) is 6.92 Å². The van der Waals surface area contributed by atoms with Crippen LogP contribution in [0.15, 0.2) is 48.5 Å². The van der Waals surface area contributed by atoms with Gasteiger partial charge in [0.1, 0.15) is 9.71 Å². The first kappa shape index (κ1) is 22.6. The molecule has 0 spiro atoms. The van der Waals surface area contributed by atoms with Crippen molar-refractivity contribution in [2.24, 2.45) is 0 Å². The molecule has 0 atom stereocenters. The molecule has 1 N–H and O–H groups in total. The van der Waals surface area contributed by atoms with Crippen LogP contribution in [0.5, 0.6) is 11.5 Å². The molecule has 0 aliphatic rings. The van der Waals surface area contributed by atoms with Crippen LogP contribution in [0.3, 0.4) is 0 Å². The number of hydrogen-bond acceptors (Lipinski definition) is 7. The third-order valence-electron chi connectivity index (χ3n) is 4.82. The highest BCUT2D eigenvalue weighted by Crippen LogP contribution is 2.32. The molecule has 33 heavy (non-hydrogen) atoms. The summed E-state index contributed by atoms with van der Waals surface area (Å²) in [5, 5.41) is 8.68. The van der Waals surface area contributed by atoms with E-state index in [2.05, 4.69) is 10.4 Å². The monoisotopic (exact) mass is 485 g/mol. The molecule has 8 nitrogen and oxygen atoms in total.